The number of aromatic nitrogens is 1. The molecule has 0 unspecified atom stereocenters. The monoisotopic (exact) mass is 190 g/mol. The van der Waals surface area contributed by atoms with Crippen LogP contribution in [0, 0.1) is 0 Å². The molecule has 0 amide bonds. The molecule has 0 atom stereocenters. The molecule has 74 valence electrons. The van der Waals surface area contributed by atoms with Crippen molar-refractivity contribution in [2.24, 2.45) is 4.99 Å². The summed E-state index contributed by atoms with van der Waals surface area (Å²) in [6, 6.07) is 3.95. The van der Waals surface area contributed by atoms with E-state index in [0.29, 0.717) is 0 Å². The summed E-state index contributed by atoms with van der Waals surface area (Å²) in [5, 5.41) is 6.34. The predicted octanol–water partition coefficient (Wildman–Crippen LogP) is 0.863. The molecule has 0 saturated heterocycles. The van der Waals surface area contributed by atoms with Crippen molar-refractivity contribution >= 4 is 11.7 Å². The minimum atomic E-state index is 0.876. The normalized spacial score (nSPS) is 15.6. The highest BCUT2D eigenvalue weighted by Crippen LogP contribution is 2.12. The largest absolute Gasteiger partial charge is 0.373 e. The van der Waals surface area contributed by atoms with Crippen LogP contribution in [-0.2, 0) is 0 Å². The van der Waals surface area contributed by atoms with Crippen molar-refractivity contribution in [2.45, 2.75) is 6.42 Å². The van der Waals surface area contributed by atoms with E-state index in [1.165, 1.54) is 0 Å². The molecule has 0 aromatic carbocycles. The maximum atomic E-state index is 4.43. The number of amidine groups is 1. The first kappa shape index (κ1) is 8.99. The van der Waals surface area contributed by atoms with E-state index in [2.05, 4.69) is 20.6 Å². The Bertz CT molecular complexity index is 346. The third-order valence-corrected chi connectivity index (χ3v) is 2.20. The van der Waals surface area contributed by atoms with Gasteiger partial charge >= 0.3 is 0 Å². The molecule has 1 aromatic rings. The van der Waals surface area contributed by atoms with Crippen LogP contribution in [0.2, 0.25) is 0 Å². The minimum Gasteiger partial charge on any atom is -0.373 e. The van der Waals surface area contributed by atoms with E-state index < -0.39 is 0 Å². The van der Waals surface area contributed by atoms with E-state index in [4.69, 9.17) is 0 Å². The molecule has 4 heteroatoms. The van der Waals surface area contributed by atoms with Crippen LogP contribution in [0.25, 0.3) is 0 Å². The SMILES string of the molecule is CNc1ncccc1C1=NCCCN1. The number of nitrogens with zero attached hydrogens (tertiary/aromatic N) is 2. The number of anilines is 1. The predicted molar refractivity (Wildman–Crippen MR) is 57.8 cm³/mol. The van der Waals surface area contributed by atoms with Gasteiger partial charge in [0, 0.05) is 26.3 Å². The van der Waals surface area contributed by atoms with Gasteiger partial charge in [0.2, 0.25) is 0 Å². The molecule has 2 heterocycles. The average molecular weight is 190 g/mol. The van der Waals surface area contributed by atoms with Gasteiger partial charge in [-0.1, -0.05) is 0 Å². The third-order valence-electron chi connectivity index (χ3n) is 2.20. The van der Waals surface area contributed by atoms with Gasteiger partial charge in [-0.3, -0.25) is 4.99 Å². The molecule has 1 aliphatic heterocycles. The minimum absolute atomic E-state index is 0.876. The molecule has 0 fully saturated rings. The van der Waals surface area contributed by atoms with Crippen molar-refractivity contribution in [2.75, 3.05) is 25.5 Å². The molecule has 0 radical (unpaired) electrons. The number of hydrogen-bond acceptors (Lipinski definition) is 4. The molecule has 1 aliphatic rings. The summed E-state index contributed by atoms with van der Waals surface area (Å²) in [6.07, 6.45) is 2.89. The van der Waals surface area contributed by atoms with Crippen molar-refractivity contribution < 1.29 is 0 Å². The highest BCUT2D eigenvalue weighted by atomic mass is 15.0. The lowest BCUT2D eigenvalue weighted by atomic mass is 10.2. The molecule has 1 aromatic heterocycles. The zero-order chi connectivity index (χ0) is 9.80. The third kappa shape index (κ3) is 1.69. The zero-order valence-corrected chi connectivity index (χ0v) is 8.25. The second-order valence-corrected chi connectivity index (χ2v) is 3.16. The highest BCUT2D eigenvalue weighted by Gasteiger charge is 2.10. The lowest BCUT2D eigenvalue weighted by Crippen LogP contribution is -2.30. The highest BCUT2D eigenvalue weighted by molar-refractivity contribution is 6.02. The number of rotatable bonds is 2. The van der Waals surface area contributed by atoms with Crippen molar-refractivity contribution in [1.82, 2.24) is 10.3 Å². The molecule has 4 nitrogen and oxygen atoms in total. The van der Waals surface area contributed by atoms with E-state index >= 15 is 0 Å². The van der Waals surface area contributed by atoms with Crippen LogP contribution in [0.5, 0.6) is 0 Å². The maximum absolute atomic E-state index is 4.43. The summed E-state index contributed by atoms with van der Waals surface area (Å²) in [5.41, 5.74) is 1.05. The van der Waals surface area contributed by atoms with E-state index in [0.717, 1.165) is 36.7 Å². The van der Waals surface area contributed by atoms with E-state index in [1.807, 2.05) is 19.2 Å². The first-order valence-corrected chi connectivity index (χ1v) is 4.83. The maximum Gasteiger partial charge on any atom is 0.136 e. The van der Waals surface area contributed by atoms with Crippen molar-refractivity contribution in [3.8, 4) is 0 Å². The molecular weight excluding hydrogens is 176 g/mol. The van der Waals surface area contributed by atoms with Gasteiger partial charge < -0.3 is 10.6 Å². The van der Waals surface area contributed by atoms with Crippen LogP contribution in [0.15, 0.2) is 23.3 Å². The Morgan fingerprint density at radius 3 is 3.14 bits per heavy atom. The Morgan fingerprint density at radius 2 is 2.43 bits per heavy atom. The van der Waals surface area contributed by atoms with E-state index in [-0.39, 0.29) is 0 Å². The Hall–Kier alpha value is -1.58. The number of aliphatic imine (C=N–C) groups is 1. The van der Waals surface area contributed by atoms with E-state index in [9.17, 15) is 0 Å². The summed E-state index contributed by atoms with van der Waals surface area (Å²) in [7, 11) is 1.87. The fraction of sp³-hybridized carbons (Fsp3) is 0.400. The molecular formula is C10H14N4. The summed E-state index contributed by atoms with van der Waals surface area (Å²) >= 11 is 0. The van der Waals surface area contributed by atoms with Crippen molar-refractivity contribution in [3.63, 3.8) is 0 Å². The van der Waals surface area contributed by atoms with Gasteiger partial charge in [0.1, 0.15) is 11.7 Å². The van der Waals surface area contributed by atoms with Crippen molar-refractivity contribution in [3.05, 3.63) is 23.9 Å². The fourth-order valence-corrected chi connectivity index (χ4v) is 1.51. The van der Waals surface area contributed by atoms with Crippen LogP contribution < -0.4 is 10.6 Å². The molecule has 0 saturated carbocycles. The Labute approximate surface area is 83.5 Å². The quantitative estimate of drug-likeness (QED) is 0.727. The van der Waals surface area contributed by atoms with Crippen LogP contribution in [0.1, 0.15) is 12.0 Å². The van der Waals surface area contributed by atoms with Crippen LogP contribution in [0.3, 0.4) is 0 Å². The van der Waals surface area contributed by atoms with Crippen LogP contribution in [0.4, 0.5) is 5.82 Å². The van der Waals surface area contributed by atoms with Gasteiger partial charge in [-0.05, 0) is 18.6 Å². The molecule has 2 rings (SSSR count). The lowest BCUT2D eigenvalue weighted by Gasteiger charge is -2.16. The second kappa shape index (κ2) is 4.09. The fourth-order valence-electron chi connectivity index (χ4n) is 1.51. The summed E-state index contributed by atoms with van der Waals surface area (Å²) in [5.74, 6) is 1.83. The van der Waals surface area contributed by atoms with Crippen LogP contribution in [-0.4, -0.2) is 31.0 Å². The van der Waals surface area contributed by atoms with Gasteiger partial charge in [0.25, 0.3) is 0 Å². The lowest BCUT2D eigenvalue weighted by molar-refractivity contribution is 0.742. The molecule has 0 aliphatic carbocycles. The number of pyridine rings is 1. The molecule has 0 spiro atoms. The first-order chi connectivity index (χ1) is 6.92. The van der Waals surface area contributed by atoms with Crippen LogP contribution >= 0.6 is 0 Å². The molecule has 2 N–H and O–H groups in total. The smallest absolute Gasteiger partial charge is 0.136 e. The Morgan fingerprint density at radius 1 is 1.50 bits per heavy atom. The van der Waals surface area contributed by atoms with Gasteiger partial charge in [0.05, 0.1) is 5.56 Å². The zero-order valence-electron chi connectivity index (χ0n) is 8.25. The Kier molecular flexibility index (Phi) is 2.62. The standard InChI is InChI=1S/C10H14N4/c1-11-9-8(4-2-5-12-9)10-13-6-3-7-14-10/h2,4-5H,3,6-7H2,1H3,(H,11,12)(H,13,14). The molecule has 0 bridgehead atoms. The van der Waals surface area contributed by atoms with Gasteiger partial charge in [-0.15, -0.1) is 0 Å². The number of nitrogens with one attached hydrogen (secondary N) is 2. The summed E-state index contributed by atoms with van der Waals surface area (Å²) < 4.78 is 0. The van der Waals surface area contributed by atoms with Crippen molar-refractivity contribution in [1.29, 1.82) is 0 Å². The van der Waals surface area contributed by atoms with Gasteiger partial charge in [0.15, 0.2) is 0 Å². The Balaban J connectivity index is 2.34. The second-order valence-electron chi connectivity index (χ2n) is 3.16. The summed E-state index contributed by atoms with van der Waals surface area (Å²) in [4.78, 5) is 8.67. The average Bonchev–Trinajstić information content (AvgIpc) is 2.30. The topological polar surface area (TPSA) is 49.3 Å². The summed E-state index contributed by atoms with van der Waals surface area (Å²) in [6.45, 7) is 1.90. The first-order valence-electron chi connectivity index (χ1n) is 4.83. The number of hydrogen-bond donors (Lipinski definition) is 2. The van der Waals surface area contributed by atoms with Gasteiger partial charge in [-0.25, -0.2) is 4.98 Å². The van der Waals surface area contributed by atoms with Gasteiger partial charge in [-0.2, -0.15) is 0 Å². The molecule has 14 heavy (non-hydrogen) atoms. The van der Waals surface area contributed by atoms with E-state index in [1.54, 1.807) is 6.20 Å².